The molecule has 1 aliphatic carbocycles. The van der Waals surface area contributed by atoms with Crippen LogP contribution >= 0.6 is 0 Å². The Labute approximate surface area is 276 Å². The minimum absolute atomic E-state index is 0.0794. The number of quaternary nitrogens is 1. The summed E-state index contributed by atoms with van der Waals surface area (Å²) in [5, 5.41) is 16.6. The molecule has 0 aliphatic heterocycles. The molecule has 48 heavy (non-hydrogen) atoms. The molecule has 11 nitrogen and oxygen atoms in total. The van der Waals surface area contributed by atoms with Gasteiger partial charge in [0.15, 0.2) is 0 Å². The minimum atomic E-state index is -4.67. The molecule has 5 rings (SSSR count). The summed E-state index contributed by atoms with van der Waals surface area (Å²) in [6.45, 7) is 1.12. The molecule has 0 unspecified atom stereocenters. The molecule has 252 valence electrons. The number of nitrogens with zero attached hydrogens (tertiary/aromatic N) is 7. The van der Waals surface area contributed by atoms with Crippen LogP contribution in [0.15, 0.2) is 65.6 Å². The van der Waals surface area contributed by atoms with E-state index in [1.54, 1.807) is 42.3 Å². The quantitative estimate of drug-likeness (QED) is 0.271. The van der Waals surface area contributed by atoms with Gasteiger partial charge in [-0.15, -0.1) is 0 Å². The van der Waals surface area contributed by atoms with Crippen molar-refractivity contribution >= 4 is 11.8 Å². The summed E-state index contributed by atoms with van der Waals surface area (Å²) < 4.78 is 45.6. The second-order valence-electron chi connectivity index (χ2n) is 13.2. The van der Waals surface area contributed by atoms with Crippen molar-refractivity contribution in [3.63, 3.8) is 0 Å². The van der Waals surface area contributed by atoms with E-state index in [0.29, 0.717) is 60.2 Å². The number of halogens is 3. The number of nitriles is 1. The van der Waals surface area contributed by atoms with Crippen LogP contribution in [0.4, 0.5) is 13.2 Å². The van der Waals surface area contributed by atoms with Gasteiger partial charge in [0, 0.05) is 14.1 Å². The van der Waals surface area contributed by atoms with Gasteiger partial charge in [-0.3, -0.25) is 19.1 Å². The maximum atomic E-state index is 14.4. The molecule has 2 aromatic heterocycles. The first-order valence-electron chi connectivity index (χ1n) is 15.5. The number of rotatable bonds is 9. The molecule has 0 atom stereocenters. The average molecular weight is 664 g/mol. The number of carbonyl (C=O) groups is 2. The average Bonchev–Trinajstić information content (AvgIpc) is 3.77. The highest BCUT2D eigenvalue weighted by Gasteiger charge is 2.45. The Hall–Kier alpha value is -5.16. The highest BCUT2D eigenvalue weighted by Crippen LogP contribution is 2.34. The number of alkyl halides is 3. The minimum Gasteiger partial charge on any atom is -0.338 e. The van der Waals surface area contributed by atoms with E-state index in [1.165, 1.54) is 34.7 Å². The van der Waals surface area contributed by atoms with Gasteiger partial charge in [0.25, 0.3) is 11.5 Å². The van der Waals surface area contributed by atoms with Crippen molar-refractivity contribution in [2.24, 2.45) is 7.05 Å². The second kappa shape index (κ2) is 12.8. The van der Waals surface area contributed by atoms with E-state index in [4.69, 9.17) is 0 Å². The van der Waals surface area contributed by atoms with Crippen LogP contribution in [-0.4, -0.2) is 87.2 Å². The molecule has 1 aliphatic rings. The van der Waals surface area contributed by atoms with Gasteiger partial charge in [-0.25, -0.2) is 9.36 Å². The van der Waals surface area contributed by atoms with E-state index >= 15 is 0 Å². The number of likely N-dealkylation sites (N-methyl/N-ethyl adjacent to an activating group) is 2. The van der Waals surface area contributed by atoms with Crippen molar-refractivity contribution in [1.82, 2.24) is 29.4 Å². The number of hydrogen-bond donors (Lipinski definition) is 1. The molecule has 2 aromatic carbocycles. The third-order valence-corrected chi connectivity index (χ3v) is 8.71. The lowest BCUT2D eigenvalue weighted by atomic mass is 9.94. The van der Waals surface area contributed by atoms with E-state index < -0.39 is 28.7 Å². The summed E-state index contributed by atoms with van der Waals surface area (Å²) in [5.74, 6) is -1.08. The zero-order valence-corrected chi connectivity index (χ0v) is 27.5. The van der Waals surface area contributed by atoms with Crippen LogP contribution in [0, 0.1) is 11.3 Å². The Morgan fingerprint density at radius 3 is 2.33 bits per heavy atom. The molecule has 2 amide bonds. The molecule has 1 saturated carbocycles. The lowest BCUT2D eigenvalue weighted by Gasteiger charge is -2.34. The molecule has 2 heterocycles. The van der Waals surface area contributed by atoms with E-state index in [1.807, 2.05) is 27.2 Å². The number of hydrogen-bond acceptors (Lipinski definition) is 5. The number of carbonyl (C=O) groups excluding carboxylic acids is 2. The number of amides is 2. The van der Waals surface area contributed by atoms with Gasteiger partial charge in [-0.1, -0.05) is 18.9 Å². The Morgan fingerprint density at radius 2 is 1.73 bits per heavy atom. The van der Waals surface area contributed by atoms with Crippen molar-refractivity contribution in [2.75, 3.05) is 41.3 Å². The molecular weight excluding hydrogens is 625 g/mol. The van der Waals surface area contributed by atoms with Gasteiger partial charge in [-0.05, 0) is 61.4 Å². The molecule has 0 saturated heterocycles. The lowest BCUT2D eigenvalue weighted by Crippen LogP contribution is -2.59. The van der Waals surface area contributed by atoms with Crippen LogP contribution in [0.25, 0.3) is 22.8 Å². The summed E-state index contributed by atoms with van der Waals surface area (Å²) in [7, 11) is 9.20. The van der Waals surface area contributed by atoms with Crippen LogP contribution < -0.4 is 10.9 Å². The maximum Gasteiger partial charge on any atom is 0.416 e. The molecule has 14 heteroatoms. The Morgan fingerprint density at radius 1 is 1.06 bits per heavy atom. The van der Waals surface area contributed by atoms with E-state index in [9.17, 15) is 32.8 Å². The third kappa shape index (κ3) is 6.64. The standard InChI is InChI=1S/C34H37F3N8O3/c1-41(19-20-45(3,4)5)32(48)33(16-6-7-17-33)40-30(46)28-29(27-15-18-39-43(27)25-13-11-23(22-38)12-14-25)42(2)44(31(28)47)26-10-8-9-24(21-26)34(35,36)37/h8-15,18,21H,6-7,16-17,19-20H2,1-5H3/p+1. The van der Waals surface area contributed by atoms with Gasteiger partial charge >= 0.3 is 6.18 Å². The van der Waals surface area contributed by atoms with Gasteiger partial charge in [-0.2, -0.15) is 23.5 Å². The molecule has 4 aromatic rings. The van der Waals surface area contributed by atoms with E-state index in [2.05, 4.69) is 10.4 Å². The zero-order valence-electron chi connectivity index (χ0n) is 27.5. The first kappa shape index (κ1) is 34.2. The van der Waals surface area contributed by atoms with Gasteiger partial charge in [0.05, 0.1) is 74.7 Å². The Bertz CT molecular complexity index is 1940. The summed E-state index contributed by atoms with van der Waals surface area (Å²) in [5.41, 5.74) is -2.24. The molecule has 0 spiro atoms. The smallest absolute Gasteiger partial charge is 0.338 e. The summed E-state index contributed by atoms with van der Waals surface area (Å²) in [4.78, 5) is 44.2. The van der Waals surface area contributed by atoms with Crippen molar-refractivity contribution < 1.29 is 27.2 Å². The van der Waals surface area contributed by atoms with Gasteiger partial charge in [0.1, 0.15) is 16.8 Å². The Kier molecular flexibility index (Phi) is 9.11. The third-order valence-electron chi connectivity index (χ3n) is 8.71. The van der Waals surface area contributed by atoms with Crippen molar-refractivity contribution in [1.29, 1.82) is 5.26 Å². The largest absolute Gasteiger partial charge is 0.416 e. The van der Waals surface area contributed by atoms with Crippen molar-refractivity contribution in [2.45, 2.75) is 37.4 Å². The van der Waals surface area contributed by atoms with E-state index in [0.717, 1.165) is 16.8 Å². The number of benzene rings is 2. The van der Waals surface area contributed by atoms with Crippen LogP contribution in [0.3, 0.4) is 0 Å². The molecule has 1 N–H and O–H groups in total. The second-order valence-corrected chi connectivity index (χ2v) is 13.2. The highest BCUT2D eigenvalue weighted by atomic mass is 19.4. The van der Waals surface area contributed by atoms with Gasteiger partial charge in [0.2, 0.25) is 5.91 Å². The molecule has 0 radical (unpaired) electrons. The fourth-order valence-electron chi connectivity index (χ4n) is 6.14. The first-order valence-corrected chi connectivity index (χ1v) is 15.5. The predicted octanol–water partition coefficient (Wildman–Crippen LogP) is 4.13. The van der Waals surface area contributed by atoms with Crippen molar-refractivity contribution in [3.05, 3.63) is 87.8 Å². The monoisotopic (exact) mass is 663 g/mol. The van der Waals surface area contributed by atoms with Crippen LogP contribution in [-0.2, 0) is 18.0 Å². The highest BCUT2D eigenvalue weighted by molar-refractivity contribution is 6.03. The normalized spacial score (nSPS) is 14.5. The summed E-state index contributed by atoms with van der Waals surface area (Å²) >= 11 is 0. The Balaban J connectivity index is 1.66. The van der Waals surface area contributed by atoms with Gasteiger partial charge < -0.3 is 14.7 Å². The predicted molar refractivity (Wildman–Crippen MR) is 172 cm³/mol. The topological polar surface area (TPSA) is 118 Å². The fourth-order valence-corrected chi connectivity index (χ4v) is 6.14. The first-order chi connectivity index (χ1) is 22.6. The SMILES string of the molecule is CN(CC[N+](C)(C)C)C(=O)C1(NC(=O)c2c(-c3ccnn3-c3ccc(C#N)cc3)n(C)n(-c3cccc(C(F)(F)F)c3)c2=O)CCCC1. The number of aromatic nitrogens is 4. The number of nitrogens with one attached hydrogen (secondary N) is 1. The molecule has 1 fully saturated rings. The van der Waals surface area contributed by atoms with Crippen molar-refractivity contribution in [3.8, 4) is 28.8 Å². The van der Waals surface area contributed by atoms with Crippen LogP contribution in [0.2, 0.25) is 0 Å². The molecular formula is C34H38F3N8O3+. The zero-order chi connectivity index (χ0) is 35.0. The maximum absolute atomic E-state index is 14.4. The van der Waals surface area contributed by atoms with Crippen LogP contribution in [0.1, 0.15) is 47.2 Å². The summed E-state index contributed by atoms with van der Waals surface area (Å²) in [6.07, 6.45) is -1.08. The lowest BCUT2D eigenvalue weighted by molar-refractivity contribution is -0.869. The fraction of sp³-hybridized carbons (Fsp3) is 0.382. The van der Waals surface area contributed by atoms with E-state index in [-0.39, 0.29) is 22.9 Å². The molecule has 0 bridgehead atoms. The van der Waals surface area contributed by atoms with Crippen LogP contribution in [0.5, 0.6) is 0 Å². The summed E-state index contributed by atoms with van der Waals surface area (Å²) in [6, 6.07) is 14.4.